The first-order valence-corrected chi connectivity index (χ1v) is 6.78. The van der Waals surface area contributed by atoms with Crippen molar-refractivity contribution in [1.29, 1.82) is 0 Å². The molecule has 7 nitrogen and oxygen atoms in total. The minimum atomic E-state index is -0.169. The van der Waals surface area contributed by atoms with Gasteiger partial charge in [-0.1, -0.05) is 12.1 Å². The standard InChI is InChI=1S/C14H18N4O3/c1-4-9(2)20-13-7-10(5-6-16-13)14-17-11(18-21-14)8-12(19)15-3/h5-7,9H,4,8H2,1-3H3,(H,15,19)/t9-/m0/s1. The topological polar surface area (TPSA) is 90.1 Å². The number of nitrogens with zero attached hydrogens (tertiary/aromatic N) is 3. The number of carbonyl (C=O) groups is 1. The van der Waals surface area contributed by atoms with Gasteiger partial charge in [-0.05, 0) is 19.4 Å². The van der Waals surface area contributed by atoms with Gasteiger partial charge in [-0.2, -0.15) is 4.98 Å². The van der Waals surface area contributed by atoms with Crippen LogP contribution in [-0.2, 0) is 11.2 Å². The summed E-state index contributed by atoms with van der Waals surface area (Å²) in [7, 11) is 1.56. The van der Waals surface area contributed by atoms with Gasteiger partial charge < -0.3 is 14.6 Å². The van der Waals surface area contributed by atoms with Crippen LogP contribution < -0.4 is 10.1 Å². The summed E-state index contributed by atoms with van der Waals surface area (Å²) in [6.07, 6.45) is 2.68. The molecule has 1 amide bonds. The molecule has 0 aliphatic heterocycles. The third kappa shape index (κ3) is 4.01. The van der Waals surface area contributed by atoms with Gasteiger partial charge in [0.05, 0.1) is 12.5 Å². The molecule has 2 aromatic heterocycles. The molecule has 0 aliphatic rings. The van der Waals surface area contributed by atoms with Crippen molar-refractivity contribution in [2.45, 2.75) is 32.8 Å². The molecule has 1 N–H and O–H groups in total. The molecular formula is C14H18N4O3. The molecule has 0 radical (unpaired) electrons. The van der Waals surface area contributed by atoms with E-state index in [1.54, 1.807) is 25.4 Å². The summed E-state index contributed by atoms with van der Waals surface area (Å²) in [5.41, 5.74) is 0.707. The lowest BCUT2D eigenvalue weighted by atomic mass is 10.2. The van der Waals surface area contributed by atoms with E-state index in [0.717, 1.165) is 6.42 Å². The van der Waals surface area contributed by atoms with Gasteiger partial charge >= 0.3 is 0 Å². The fraction of sp³-hybridized carbons (Fsp3) is 0.429. The third-order valence-corrected chi connectivity index (χ3v) is 2.94. The van der Waals surface area contributed by atoms with E-state index in [1.165, 1.54) is 0 Å². The lowest BCUT2D eigenvalue weighted by molar-refractivity contribution is -0.120. The Morgan fingerprint density at radius 3 is 3.05 bits per heavy atom. The number of pyridine rings is 1. The van der Waals surface area contributed by atoms with Crippen molar-refractivity contribution in [1.82, 2.24) is 20.4 Å². The van der Waals surface area contributed by atoms with Crippen molar-refractivity contribution >= 4 is 5.91 Å². The van der Waals surface area contributed by atoms with Crippen molar-refractivity contribution in [3.8, 4) is 17.3 Å². The molecular weight excluding hydrogens is 272 g/mol. The number of ether oxygens (including phenoxy) is 1. The number of nitrogens with one attached hydrogen (secondary N) is 1. The SMILES string of the molecule is CC[C@H](C)Oc1cc(-c2nc(CC(=O)NC)no2)ccn1. The lowest BCUT2D eigenvalue weighted by Crippen LogP contribution is -2.20. The van der Waals surface area contributed by atoms with Gasteiger partial charge in [0.2, 0.25) is 11.8 Å². The first kappa shape index (κ1) is 15.0. The van der Waals surface area contributed by atoms with E-state index in [-0.39, 0.29) is 18.4 Å². The maximum absolute atomic E-state index is 11.3. The predicted octanol–water partition coefficient (Wildman–Crippen LogP) is 1.60. The lowest BCUT2D eigenvalue weighted by Gasteiger charge is -2.11. The van der Waals surface area contributed by atoms with Crippen LogP contribution in [0.3, 0.4) is 0 Å². The maximum Gasteiger partial charge on any atom is 0.258 e. The fourth-order valence-electron chi connectivity index (χ4n) is 1.57. The second-order valence-corrected chi connectivity index (χ2v) is 4.59. The molecule has 2 rings (SSSR count). The molecule has 2 heterocycles. The Bertz CT molecular complexity index is 612. The Balaban J connectivity index is 2.14. The largest absolute Gasteiger partial charge is 0.475 e. The van der Waals surface area contributed by atoms with Gasteiger partial charge in [-0.15, -0.1) is 0 Å². The van der Waals surface area contributed by atoms with E-state index in [4.69, 9.17) is 9.26 Å². The third-order valence-electron chi connectivity index (χ3n) is 2.94. The molecule has 0 aliphatic carbocycles. The molecule has 0 unspecified atom stereocenters. The van der Waals surface area contributed by atoms with E-state index >= 15 is 0 Å². The fourth-order valence-corrected chi connectivity index (χ4v) is 1.57. The van der Waals surface area contributed by atoms with Crippen molar-refractivity contribution in [3.63, 3.8) is 0 Å². The van der Waals surface area contributed by atoms with Gasteiger partial charge in [-0.25, -0.2) is 4.98 Å². The van der Waals surface area contributed by atoms with E-state index in [0.29, 0.717) is 23.2 Å². The highest BCUT2D eigenvalue weighted by Gasteiger charge is 2.13. The monoisotopic (exact) mass is 290 g/mol. The van der Waals surface area contributed by atoms with Crippen LogP contribution in [0.4, 0.5) is 0 Å². The zero-order valence-electron chi connectivity index (χ0n) is 12.3. The van der Waals surface area contributed by atoms with Gasteiger partial charge in [0.1, 0.15) is 0 Å². The van der Waals surface area contributed by atoms with Crippen LogP contribution in [0.2, 0.25) is 0 Å². The Kier molecular flexibility index (Phi) is 4.86. The summed E-state index contributed by atoms with van der Waals surface area (Å²) >= 11 is 0. The van der Waals surface area contributed by atoms with Gasteiger partial charge in [0, 0.05) is 24.9 Å². The van der Waals surface area contributed by atoms with Crippen LogP contribution in [0, 0.1) is 0 Å². The molecule has 1 atom stereocenters. The number of hydrogen-bond acceptors (Lipinski definition) is 6. The van der Waals surface area contributed by atoms with Gasteiger partial charge in [0.15, 0.2) is 5.82 Å². The molecule has 2 aromatic rings. The first-order valence-electron chi connectivity index (χ1n) is 6.78. The van der Waals surface area contributed by atoms with Crippen molar-refractivity contribution in [3.05, 3.63) is 24.2 Å². The zero-order valence-corrected chi connectivity index (χ0v) is 12.3. The summed E-state index contributed by atoms with van der Waals surface area (Å²) < 4.78 is 10.8. The number of aromatic nitrogens is 3. The number of rotatable bonds is 6. The van der Waals surface area contributed by atoms with Crippen LogP contribution in [0.1, 0.15) is 26.1 Å². The molecule has 0 bridgehead atoms. The quantitative estimate of drug-likeness (QED) is 0.869. The smallest absolute Gasteiger partial charge is 0.258 e. The predicted molar refractivity (Wildman–Crippen MR) is 75.7 cm³/mol. The second-order valence-electron chi connectivity index (χ2n) is 4.59. The second kappa shape index (κ2) is 6.83. The Morgan fingerprint density at radius 1 is 1.52 bits per heavy atom. The maximum atomic E-state index is 11.3. The molecule has 21 heavy (non-hydrogen) atoms. The minimum Gasteiger partial charge on any atom is -0.475 e. The molecule has 0 aromatic carbocycles. The highest BCUT2D eigenvalue weighted by atomic mass is 16.5. The molecule has 0 spiro atoms. The molecule has 0 fully saturated rings. The van der Waals surface area contributed by atoms with Crippen LogP contribution in [0.5, 0.6) is 5.88 Å². The van der Waals surface area contributed by atoms with Crippen molar-refractivity contribution < 1.29 is 14.1 Å². The summed E-state index contributed by atoms with van der Waals surface area (Å²) in [4.78, 5) is 19.6. The highest BCUT2D eigenvalue weighted by Crippen LogP contribution is 2.21. The molecule has 112 valence electrons. The van der Waals surface area contributed by atoms with Gasteiger partial charge in [0.25, 0.3) is 5.89 Å². The summed E-state index contributed by atoms with van der Waals surface area (Å²) in [5.74, 6) is 1.02. The summed E-state index contributed by atoms with van der Waals surface area (Å²) in [5, 5.41) is 6.29. The minimum absolute atomic E-state index is 0.0826. The number of carbonyl (C=O) groups excluding carboxylic acids is 1. The summed E-state index contributed by atoms with van der Waals surface area (Å²) in [6, 6.07) is 3.49. The number of amides is 1. The average Bonchev–Trinajstić information content (AvgIpc) is 2.95. The van der Waals surface area contributed by atoms with E-state index in [2.05, 4.69) is 20.4 Å². The number of hydrogen-bond donors (Lipinski definition) is 1. The summed E-state index contributed by atoms with van der Waals surface area (Å²) in [6.45, 7) is 4.01. The van der Waals surface area contributed by atoms with Crippen molar-refractivity contribution in [2.75, 3.05) is 7.05 Å². The normalized spacial score (nSPS) is 12.0. The Hall–Kier alpha value is -2.44. The zero-order chi connectivity index (χ0) is 15.2. The van der Waals surface area contributed by atoms with E-state index < -0.39 is 0 Å². The van der Waals surface area contributed by atoms with Crippen LogP contribution in [0.25, 0.3) is 11.5 Å². The van der Waals surface area contributed by atoms with Crippen LogP contribution in [-0.4, -0.2) is 34.2 Å². The molecule has 0 saturated heterocycles. The molecule has 0 saturated carbocycles. The Morgan fingerprint density at radius 2 is 2.33 bits per heavy atom. The van der Waals surface area contributed by atoms with Crippen LogP contribution >= 0.6 is 0 Å². The first-order chi connectivity index (χ1) is 10.1. The van der Waals surface area contributed by atoms with Crippen molar-refractivity contribution in [2.24, 2.45) is 0 Å². The van der Waals surface area contributed by atoms with E-state index in [1.807, 2.05) is 13.8 Å². The molecule has 7 heteroatoms. The Labute approximate surface area is 122 Å². The van der Waals surface area contributed by atoms with Gasteiger partial charge in [-0.3, -0.25) is 4.79 Å². The average molecular weight is 290 g/mol. The highest BCUT2D eigenvalue weighted by molar-refractivity contribution is 5.77. The number of likely N-dealkylation sites (N-methyl/N-ethyl adjacent to an activating group) is 1. The van der Waals surface area contributed by atoms with Crippen LogP contribution in [0.15, 0.2) is 22.9 Å². The van der Waals surface area contributed by atoms with E-state index in [9.17, 15) is 4.79 Å².